The third kappa shape index (κ3) is 6.88. The van der Waals surface area contributed by atoms with Gasteiger partial charge in [0.25, 0.3) is 5.91 Å². The number of benzene rings is 2. The van der Waals surface area contributed by atoms with Gasteiger partial charge in [-0.2, -0.15) is 11.8 Å². The number of rotatable bonds is 7. The minimum absolute atomic E-state index is 0.136. The van der Waals surface area contributed by atoms with Crippen LogP contribution in [0.5, 0.6) is 0 Å². The van der Waals surface area contributed by atoms with Gasteiger partial charge in [-0.3, -0.25) is 9.59 Å². The Morgan fingerprint density at radius 1 is 1.03 bits per heavy atom. The average Bonchev–Trinajstić information content (AvgIpc) is 2.81. The van der Waals surface area contributed by atoms with Gasteiger partial charge < -0.3 is 20.4 Å². The van der Waals surface area contributed by atoms with Crippen LogP contribution < -0.4 is 10.6 Å². The first-order chi connectivity index (χ1) is 15.9. The molecular weight excluding hydrogens is 460 g/mol. The minimum atomic E-state index is -0.645. The summed E-state index contributed by atoms with van der Waals surface area (Å²) in [6.07, 6.45) is 2.48. The van der Waals surface area contributed by atoms with Crippen molar-refractivity contribution >= 4 is 46.9 Å². The van der Waals surface area contributed by atoms with Crippen LogP contribution in [-0.2, 0) is 4.79 Å². The van der Waals surface area contributed by atoms with E-state index in [9.17, 15) is 14.4 Å². The van der Waals surface area contributed by atoms with Crippen molar-refractivity contribution < 1.29 is 14.4 Å². The van der Waals surface area contributed by atoms with E-state index in [1.165, 1.54) is 0 Å². The van der Waals surface area contributed by atoms with Gasteiger partial charge in [0.15, 0.2) is 0 Å². The second-order valence-electron chi connectivity index (χ2n) is 7.90. The van der Waals surface area contributed by atoms with Crippen LogP contribution in [0.15, 0.2) is 48.5 Å². The second kappa shape index (κ2) is 12.0. The standard InChI is InChI=1S/C24H29ClN4O3S/c1-17-6-5-7-18(16-17)26-24(32)29-13-11-28(12-14-29)23(31)21(10-15-33-2)27-22(30)19-8-3-4-9-20(19)25/h3-9,16,21H,10-15H2,1-2H3,(H,26,32)(H,27,30). The van der Waals surface area contributed by atoms with E-state index in [4.69, 9.17) is 11.6 Å². The molecule has 7 nitrogen and oxygen atoms in total. The fourth-order valence-electron chi connectivity index (χ4n) is 3.65. The van der Waals surface area contributed by atoms with E-state index >= 15 is 0 Å². The molecule has 0 aliphatic carbocycles. The summed E-state index contributed by atoms with van der Waals surface area (Å²) in [6, 6.07) is 13.6. The highest BCUT2D eigenvalue weighted by molar-refractivity contribution is 7.98. The van der Waals surface area contributed by atoms with Crippen molar-refractivity contribution in [2.24, 2.45) is 0 Å². The van der Waals surface area contributed by atoms with Gasteiger partial charge in [-0.1, -0.05) is 35.9 Å². The molecule has 1 aliphatic heterocycles. The van der Waals surface area contributed by atoms with Gasteiger partial charge in [0.05, 0.1) is 10.6 Å². The van der Waals surface area contributed by atoms with Crippen LogP contribution in [0.3, 0.4) is 0 Å². The smallest absolute Gasteiger partial charge is 0.321 e. The second-order valence-corrected chi connectivity index (χ2v) is 9.29. The lowest BCUT2D eigenvalue weighted by molar-refractivity contribution is -0.134. The maximum Gasteiger partial charge on any atom is 0.321 e. The lowest BCUT2D eigenvalue weighted by Crippen LogP contribution is -2.56. The number of carbonyl (C=O) groups is 3. The third-order valence-electron chi connectivity index (χ3n) is 5.48. The van der Waals surface area contributed by atoms with Crippen LogP contribution in [-0.4, -0.2) is 71.9 Å². The molecule has 0 radical (unpaired) electrons. The van der Waals surface area contributed by atoms with E-state index in [-0.39, 0.29) is 17.8 Å². The average molecular weight is 489 g/mol. The number of hydrogen-bond acceptors (Lipinski definition) is 4. The topological polar surface area (TPSA) is 81.8 Å². The molecule has 2 N–H and O–H groups in total. The minimum Gasteiger partial charge on any atom is -0.340 e. The number of anilines is 1. The molecule has 0 bridgehead atoms. The monoisotopic (exact) mass is 488 g/mol. The number of piperazine rings is 1. The normalized spacial score (nSPS) is 14.5. The maximum atomic E-state index is 13.2. The van der Waals surface area contributed by atoms with Crippen LogP contribution in [0.2, 0.25) is 5.02 Å². The van der Waals surface area contributed by atoms with Crippen LogP contribution in [0.1, 0.15) is 22.3 Å². The van der Waals surface area contributed by atoms with Gasteiger partial charge in [-0.25, -0.2) is 4.79 Å². The largest absolute Gasteiger partial charge is 0.340 e. The number of aryl methyl sites for hydroxylation is 1. The van der Waals surface area contributed by atoms with E-state index in [0.29, 0.717) is 43.2 Å². The van der Waals surface area contributed by atoms with Gasteiger partial charge in [0.2, 0.25) is 5.91 Å². The molecule has 176 valence electrons. The molecule has 1 unspecified atom stereocenters. The Kier molecular flexibility index (Phi) is 9.03. The van der Waals surface area contributed by atoms with Crippen LogP contribution in [0.4, 0.5) is 10.5 Å². The van der Waals surface area contributed by atoms with E-state index < -0.39 is 6.04 Å². The summed E-state index contributed by atoms with van der Waals surface area (Å²) in [6.45, 7) is 3.65. The molecule has 2 aromatic carbocycles. The molecule has 4 amide bonds. The maximum absolute atomic E-state index is 13.2. The van der Waals surface area contributed by atoms with Crippen LogP contribution >= 0.6 is 23.4 Å². The summed E-state index contributed by atoms with van der Waals surface area (Å²) in [5.41, 5.74) is 2.16. The molecule has 9 heteroatoms. The fourth-order valence-corrected chi connectivity index (χ4v) is 4.34. The van der Waals surface area contributed by atoms with E-state index in [1.54, 1.807) is 45.8 Å². The van der Waals surface area contributed by atoms with Gasteiger partial charge >= 0.3 is 6.03 Å². The number of nitrogens with one attached hydrogen (secondary N) is 2. The number of halogens is 1. The Labute approximate surface area is 203 Å². The highest BCUT2D eigenvalue weighted by Gasteiger charge is 2.30. The van der Waals surface area contributed by atoms with E-state index in [0.717, 1.165) is 17.0 Å². The number of carbonyl (C=O) groups excluding carboxylic acids is 3. The van der Waals surface area contributed by atoms with Gasteiger partial charge in [0.1, 0.15) is 6.04 Å². The molecule has 1 heterocycles. The van der Waals surface area contributed by atoms with Gasteiger partial charge in [-0.15, -0.1) is 0 Å². The predicted octanol–water partition coefficient (Wildman–Crippen LogP) is 3.88. The quantitative estimate of drug-likeness (QED) is 0.619. The van der Waals surface area contributed by atoms with Crippen molar-refractivity contribution in [1.82, 2.24) is 15.1 Å². The lowest BCUT2D eigenvalue weighted by Gasteiger charge is -2.36. The highest BCUT2D eigenvalue weighted by atomic mass is 35.5. The number of nitrogens with zero attached hydrogens (tertiary/aromatic N) is 2. The van der Waals surface area contributed by atoms with Crippen molar-refractivity contribution in [2.45, 2.75) is 19.4 Å². The molecule has 1 saturated heterocycles. The Hall–Kier alpha value is -2.71. The Bertz CT molecular complexity index is 995. The Morgan fingerprint density at radius 3 is 2.39 bits per heavy atom. The zero-order valence-corrected chi connectivity index (χ0v) is 20.4. The lowest BCUT2D eigenvalue weighted by atomic mass is 10.1. The van der Waals surface area contributed by atoms with Crippen molar-refractivity contribution in [3.8, 4) is 0 Å². The number of amides is 4. The zero-order chi connectivity index (χ0) is 23.8. The molecule has 2 aromatic rings. The SMILES string of the molecule is CSCCC(NC(=O)c1ccccc1Cl)C(=O)N1CCN(C(=O)Nc2cccc(C)c2)CC1. The summed E-state index contributed by atoms with van der Waals surface area (Å²) in [7, 11) is 0. The molecule has 0 saturated carbocycles. The first-order valence-corrected chi connectivity index (χ1v) is 12.6. The fraction of sp³-hybridized carbons (Fsp3) is 0.375. The molecule has 0 aromatic heterocycles. The Balaban J connectivity index is 1.58. The summed E-state index contributed by atoms with van der Waals surface area (Å²) in [5.74, 6) is 0.234. The van der Waals surface area contributed by atoms with Crippen molar-refractivity contribution in [3.05, 3.63) is 64.7 Å². The summed E-state index contributed by atoms with van der Waals surface area (Å²) < 4.78 is 0. The van der Waals surface area contributed by atoms with Crippen molar-refractivity contribution in [1.29, 1.82) is 0 Å². The summed E-state index contributed by atoms with van der Waals surface area (Å²) in [5, 5.41) is 6.11. The van der Waals surface area contributed by atoms with Crippen LogP contribution in [0, 0.1) is 6.92 Å². The van der Waals surface area contributed by atoms with Crippen LogP contribution in [0.25, 0.3) is 0 Å². The molecule has 3 rings (SSSR count). The van der Waals surface area contributed by atoms with E-state index in [2.05, 4.69) is 10.6 Å². The number of thioether (sulfide) groups is 1. The number of urea groups is 1. The molecule has 33 heavy (non-hydrogen) atoms. The summed E-state index contributed by atoms with van der Waals surface area (Å²) in [4.78, 5) is 42.0. The predicted molar refractivity (Wildman–Crippen MR) is 134 cm³/mol. The number of hydrogen-bond donors (Lipinski definition) is 2. The van der Waals surface area contributed by atoms with Crippen molar-refractivity contribution in [2.75, 3.05) is 43.5 Å². The molecular formula is C24H29ClN4O3S. The zero-order valence-electron chi connectivity index (χ0n) is 18.8. The highest BCUT2D eigenvalue weighted by Crippen LogP contribution is 2.16. The van der Waals surface area contributed by atoms with Gasteiger partial charge in [-0.05, 0) is 55.2 Å². The van der Waals surface area contributed by atoms with Gasteiger partial charge in [0, 0.05) is 31.9 Å². The molecule has 1 fully saturated rings. The summed E-state index contributed by atoms with van der Waals surface area (Å²) >= 11 is 7.76. The Morgan fingerprint density at radius 2 is 1.73 bits per heavy atom. The first kappa shape index (κ1) is 24.9. The molecule has 0 spiro atoms. The first-order valence-electron chi connectivity index (χ1n) is 10.8. The molecule has 1 aliphatic rings. The van der Waals surface area contributed by atoms with E-state index in [1.807, 2.05) is 37.4 Å². The van der Waals surface area contributed by atoms with Crippen molar-refractivity contribution in [3.63, 3.8) is 0 Å². The molecule has 1 atom stereocenters. The third-order valence-corrected chi connectivity index (χ3v) is 6.45.